The van der Waals surface area contributed by atoms with Crippen LogP contribution in [0.4, 0.5) is 0 Å². The Bertz CT molecular complexity index is 77.3. The third-order valence-corrected chi connectivity index (χ3v) is 8.80. The average Bonchev–Trinajstić information content (AvgIpc) is 1.84. The molecule has 0 aliphatic heterocycles. The van der Waals surface area contributed by atoms with Gasteiger partial charge >= 0.3 is 0 Å². The lowest BCUT2D eigenvalue weighted by Crippen LogP contribution is -2.21. The summed E-state index contributed by atoms with van der Waals surface area (Å²) >= 11 is 0. The summed E-state index contributed by atoms with van der Waals surface area (Å²) in [5.74, 6) is 0. The fourth-order valence-electron chi connectivity index (χ4n) is 1.21. The summed E-state index contributed by atoms with van der Waals surface area (Å²) < 4.78 is 0. The summed E-state index contributed by atoms with van der Waals surface area (Å²) in [5.41, 5.74) is 2.12. The van der Waals surface area contributed by atoms with Crippen LogP contribution in [0.3, 0.4) is 0 Å². The second kappa shape index (κ2) is 4.34. The Balaban J connectivity index is 3.81. The van der Waals surface area contributed by atoms with Gasteiger partial charge < -0.3 is 0 Å². The van der Waals surface area contributed by atoms with E-state index in [1.165, 1.54) is 0 Å². The molecule has 0 aromatic rings. The Morgan fingerprint density at radius 2 is 0.900 bits per heavy atom. The Morgan fingerprint density at radius 3 is 1.00 bits per heavy atom. The van der Waals surface area contributed by atoms with Crippen molar-refractivity contribution in [2.45, 2.75) is 51.1 Å². The first kappa shape index (κ1) is 10.4. The van der Waals surface area contributed by atoms with E-state index in [1.54, 1.807) is 0 Å². The van der Waals surface area contributed by atoms with E-state index in [2.05, 4.69) is 40.0 Å². The van der Waals surface area contributed by atoms with Gasteiger partial charge in [-0.3, -0.25) is 0 Å². The lowest BCUT2D eigenvalue weighted by Gasteiger charge is -2.24. The Hall–Kier alpha value is 0.434. The summed E-state index contributed by atoms with van der Waals surface area (Å²) in [5, 5.41) is 0. The first-order valence-corrected chi connectivity index (χ1v) is 10.4. The molecule has 0 amide bonds. The van der Waals surface area contributed by atoms with Gasteiger partial charge in [-0.2, -0.15) is 0 Å². The Labute approximate surface area is 69.2 Å². The second-order valence-corrected chi connectivity index (χ2v) is 11.3. The maximum absolute atomic E-state index is 2.47. The standard InChI is InChI=1S/C8H22Si2/c1-7(9(3)4)8(2)10(5)6/h7-10H,1-6H3. The highest BCUT2D eigenvalue weighted by Gasteiger charge is 2.19. The van der Waals surface area contributed by atoms with Crippen molar-refractivity contribution in [3.8, 4) is 0 Å². The quantitative estimate of drug-likeness (QED) is 0.577. The first-order valence-electron chi connectivity index (χ1n) is 4.46. The third kappa shape index (κ3) is 3.01. The molecule has 0 aliphatic rings. The predicted molar refractivity (Wildman–Crippen MR) is 56.6 cm³/mol. The zero-order valence-electron chi connectivity index (χ0n) is 8.31. The van der Waals surface area contributed by atoms with Crippen LogP contribution in [0.25, 0.3) is 0 Å². The molecule has 0 rings (SSSR count). The van der Waals surface area contributed by atoms with E-state index in [4.69, 9.17) is 0 Å². The van der Waals surface area contributed by atoms with Gasteiger partial charge in [-0.1, -0.05) is 51.1 Å². The van der Waals surface area contributed by atoms with Crippen molar-refractivity contribution in [3.05, 3.63) is 0 Å². The molecule has 0 nitrogen and oxygen atoms in total. The van der Waals surface area contributed by atoms with Crippen LogP contribution in [-0.2, 0) is 0 Å². The van der Waals surface area contributed by atoms with Crippen LogP contribution in [0.15, 0.2) is 0 Å². The summed E-state index contributed by atoms with van der Waals surface area (Å²) in [4.78, 5) is 0. The van der Waals surface area contributed by atoms with Crippen molar-refractivity contribution in [1.82, 2.24) is 0 Å². The number of rotatable bonds is 3. The van der Waals surface area contributed by atoms with Crippen molar-refractivity contribution >= 4 is 17.6 Å². The van der Waals surface area contributed by atoms with Crippen molar-refractivity contribution in [2.24, 2.45) is 0 Å². The minimum Gasteiger partial charge on any atom is -0.0720 e. The molecule has 2 atom stereocenters. The van der Waals surface area contributed by atoms with E-state index < -0.39 is 0 Å². The lowest BCUT2D eigenvalue weighted by atomic mass is 10.3. The molecule has 0 aromatic carbocycles. The van der Waals surface area contributed by atoms with Crippen molar-refractivity contribution < 1.29 is 0 Å². The predicted octanol–water partition coefficient (Wildman–Crippen LogP) is 2.74. The minimum atomic E-state index is -0.344. The monoisotopic (exact) mass is 174 g/mol. The van der Waals surface area contributed by atoms with Gasteiger partial charge in [0.25, 0.3) is 0 Å². The summed E-state index contributed by atoms with van der Waals surface area (Å²) in [6, 6.07) is 0. The largest absolute Gasteiger partial charge is 0.0720 e. The molecular formula is C8H22Si2. The van der Waals surface area contributed by atoms with Gasteiger partial charge in [-0.15, -0.1) is 0 Å². The average molecular weight is 174 g/mol. The molecule has 0 saturated heterocycles. The molecule has 2 unspecified atom stereocenters. The van der Waals surface area contributed by atoms with Gasteiger partial charge in [0.15, 0.2) is 0 Å². The SMILES string of the molecule is CC(C(C)[SiH](C)C)[SiH](C)C. The fraction of sp³-hybridized carbons (Fsp3) is 1.00. The zero-order chi connectivity index (χ0) is 8.31. The smallest absolute Gasteiger partial charge is 0.0333 e. The van der Waals surface area contributed by atoms with Crippen LogP contribution in [0.2, 0.25) is 37.3 Å². The molecular weight excluding hydrogens is 152 g/mol. The molecule has 2 heteroatoms. The number of hydrogen-bond donors (Lipinski definition) is 0. The molecule has 0 fully saturated rings. The molecule has 0 saturated carbocycles. The van der Waals surface area contributed by atoms with Crippen molar-refractivity contribution in [2.75, 3.05) is 0 Å². The number of hydrogen-bond acceptors (Lipinski definition) is 0. The van der Waals surface area contributed by atoms with Crippen LogP contribution in [0, 0.1) is 0 Å². The van der Waals surface area contributed by atoms with Crippen LogP contribution >= 0.6 is 0 Å². The van der Waals surface area contributed by atoms with Gasteiger partial charge in [0.2, 0.25) is 0 Å². The molecule has 0 aliphatic carbocycles. The fourth-order valence-corrected chi connectivity index (χ4v) is 6.31. The molecule has 0 bridgehead atoms. The van der Waals surface area contributed by atoms with Crippen molar-refractivity contribution in [3.63, 3.8) is 0 Å². The molecule has 0 heterocycles. The van der Waals surface area contributed by atoms with Gasteiger partial charge in [-0.05, 0) is 0 Å². The first-order chi connectivity index (χ1) is 4.46. The lowest BCUT2D eigenvalue weighted by molar-refractivity contribution is 0.835. The minimum absolute atomic E-state index is 0.344. The van der Waals surface area contributed by atoms with E-state index in [0.717, 1.165) is 11.1 Å². The molecule has 0 radical (unpaired) electrons. The summed E-state index contributed by atoms with van der Waals surface area (Å²) in [6.07, 6.45) is 0. The summed E-state index contributed by atoms with van der Waals surface area (Å²) in [6.45, 7) is 14.8. The van der Waals surface area contributed by atoms with Gasteiger partial charge in [-0.25, -0.2) is 0 Å². The van der Waals surface area contributed by atoms with Crippen LogP contribution in [0.1, 0.15) is 13.8 Å². The molecule has 0 N–H and O–H groups in total. The van der Waals surface area contributed by atoms with E-state index in [-0.39, 0.29) is 17.6 Å². The van der Waals surface area contributed by atoms with E-state index in [1.807, 2.05) is 0 Å². The van der Waals surface area contributed by atoms with Gasteiger partial charge in [0.05, 0.1) is 0 Å². The second-order valence-electron chi connectivity index (χ2n) is 4.21. The van der Waals surface area contributed by atoms with Crippen LogP contribution in [0.5, 0.6) is 0 Å². The summed E-state index contributed by atoms with van der Waals surface area (Å²) in [7, 11) is -0.688. The van der Waals surface area contributed by atoms with Gasteiger partial charge in [0.1, 0.15) is 0 Å². The molecule has 10 heavy (non-hydrogen) atoms. The Kier molecular flexibility index (Phi) is 4.53. The maximum Gasteiger partial charge on any atom is 0.0333 e. The van der Waals surface area contributed by atoms with Crippen LogP contribution in [-0.4, -0.2) is 17.6 Å². The molecule has 0 spiro atoms. The molecule has 0 aromatic heterocycles. The normalized spacial score (nSPS) is 18.0. The van der Waals surface area contributed by atoms with E-state index >= 15 is 0 Å². The highest BCUT2D eigenvalue weighted by atomic mass is 28.3. The highest BCUT2D eigenvalue weighted by Crippen LogP contribution is 2.28. The highest BCUT2D eigenvalue weighted by molar-refractivity contribution is 6.64. The van der Waals surface area contributed by atoms with Gasteiger partial charge in [0, 0.05) is 17.6 Å². The topological polar surface area (TPSA) is 0 Å². The maximum atomic E-state index is 2.47. The third-order valence-electron chi connectivity index (χ3n) is 2.93. The Morgan fingerprint density at radius 1 is 0.700 bits per heavy atom. The van der Waals surface area contributed by atoms with Crippen molar-refractivity contribution in [1.29, 1.82) is 0 Å². The zero-order valence-corrected chi connectivity index (χ0v) is 10.6. The van der Waals surface area contributed by atoms with Crippen LogP contribution < -0.4 is 0 Å². The van der Waals surface area contributed by atoms with E-state index in [9.17, 15) is 0 Å². The van der Waals surface area contributed by atoms with E-state index in [0.29, 0.717) is 0 Å². The molecule has 62 valence electrons.